The summed E-state index contributed by atoms with van der Waals surface area (Å²) in [5.74, 6) is -0.247. The molecule has 0 aromatic heterocycles. The number of carbonyl (C=O) groups is 1. The highest BCUT2D eigenvalue weighted by Crippen LogP contribution is 2.34. The van der Waals surface area contributed by atoms with Crippen LogP contribution in [-0.4, -0.2) is 30.7 Å². The second-order valence-electron chi connectivity index (χ2n) is 5.96. The first-order valence-corrected chi connectivity index (χ1v) is 9.69. The molecule has 0 fully saturated rings. The van der Waals surface area contributed by atoms with E-state index in [1.54, 1.807) is 30.3 Å². The number of hydrogen-bond donors (Lipinski definition) is 3. The quantitative estimate of drug-likeness (QED) is 0.554. The minimum Gasteiger partial charge on any atom is -0.393 e. The lowest BCUT2D eigenvalue weighted by atomic mass is 10.0. The van der Waals surface area contributed by atoms with E-state index in [0.29, 0.717) is 24.4 Å². The molecule has 1 aliphatic heterocycles. The van der Waals surface area contributed by atoms with E-state index < -0.39 is 0 Å². The number of nitrogens with zero attached hydrogens (tertiary/aromatic N) is 1. The molecular formula is C19H17BrCl2N4O. The Morgan fingerprint density at radius 2 is 2.04 bits per heavy atom. The maximum Gasteiger partial charge on any atom is 0.258 e. The van der Waals surface area contributed by atoms with E-state index in [2.05, 4.69) is 26.6 Å². The first-order chi connectivity index (χ1) is 13.0. The number of amides is 1. The van der Waals surface area contributed by atoms with Gasteiger partial charge in [0.25, 0.3) is 5.91 Å². The molecule has 8 heteroatoms. The molecule has 0 aliphatic carbocycles. The Bertz CT molecular complexity index is 922. The fourth-order valence-electron chi connectivity index (χ4n) is 2.94. The normalized spacial score (nSPS) is 13.6. The molecule has 0 radical (unpaired) electrons. The van der Waals surface area contributed by atoms with Gasteiger partial charge in [0, 0.05) is 36.1 Å². The van der Waals surface area contributed by atoms with Gasteiger partial charge in [0.05, 0.1) is 28.0 Å². The molecule has 0 atom stereocenters. The average Bonchev–Trinajstić information content (AvgIpc) is 2.65. The minimum absolute atomic E-state index is 0.247. The third-order valence-corrected chi connectivity index (χ3v) is 5.50. The second kappa shape index (κ2) is 8.33. The van der Waals surface area contributed by atoms with Crippen LogP contribution in [0.3, 0.4) is 0 Å². The molecule has 5 nitrogen and oxygen atoms in total. The smallest absolute Gasteiger partial charge is 0.258 e. The Hall–Kier alpha value is -2.02. The van der Waals surface area contributed by atoms with Crippen LogP contribution in [0, 0.1) is 5.41 Å². The summed E-state index contributed by atoms with van der Waals surface area (Å²) in [7, 11) is 1.74. The zero-order valence-corrected chi connectivity index (χ0v) is 17.5. The molecule has 3 rings (SSSR count). The summed E-state index contributed by atoms with van der Waals surface area (Å²) in [5.41, 5.74) is 3.53. The van der Waals surface area contributed by atoms with E-state index in [1.165, 1.54) is 6.21 Å². The Labute approximate surface area is 176 Å². The maximum atomic E-state index is 13.0. The molecule has 0 saturated carbocycles. The van der Waals surface area contributed by atoms with Crippen LogP contribution in [0.25, 0.3) is 5.57 Å². The third-order valence-electron chi connectivity index (χ3n) is 4.24. The zero-order valence-electron chi connectivity index (χ0n) is 14.4. The van der Waals surface area contributed by atoms with Gasteiger partial charge in [-0.1, -0.05) is 35.3 Å². The van der Waals surface area contributed by atoms with Crippen LogP contribution in [0.4, 0.5) is 5.69 Å². The van der Waals surface area contributed by atoms with Gasteiger partial charge in [-0.2, -0.15) is 0 Å². The van der Waals surface area contributed by atoms with Crippen LogP contribution in [0.15, 0.2) is 41.0 Å². The Balaban J connectivity index is 1.92. The Morgan fingerprint density at radius 3 is 2.67 bits per heavy atom. The van der Waals surface area contributed by atoms with Crippen molar-refractivity contribution in [3.63, 3.8) is 0 Å². The summed E-state index contributed by atoms with van der Waals surface area (Å²) < 4.78 is 0.961. The highest BCUT2D eigenvalue weighted by Gasteiger charge is 2.26. The SMILES string of the molecule is CN/C=C(\C=N)c1cc(Cl)c(C(=O)N2CNc3c(Br)cccc3C2)c(Cl)c1. The summed E-state index contributed by atoms with van der Waals surface area (Å²) in [5, 5.41) is 14.2. The van der Waals surface area contributed by atoms with Gasteiger partial charge in [-0.05, 0) is 45.3 Å². The molecule has 0 bridgehead atoms. The van der Waals surface area contributed by atoms with Crippen molar-refractivity contribution in [3.8, 4) is 0 Å². The number of halogens is 3. The summed E-state index contributed by atoms with van der Waals surface area (Å²) in [6.45, 7) is 0.814. The lowest BCUT2D eigenvalue weighted by Gasteiger charge is -2.31. The van der Waals surface area contributed by atoms with Gasteiger partial charge in [0.15, 0.2) is 0 Å². The number of anilines is 1. The van der Waals surface area contributed by atoms with E-state index in [9.17, 15) is 4.79 Å². The van der Waals surface area contributed by atoms with Crippen molar-refractivity contribution in [2.75, 3.05) is 19.0 Å². The van der Waals surface area contributed by atoms with E-state index in [4.69, 9.17) is 28.6 Å². The standard InChI is InChI=1S/C19H17BrCl2N4O/c1-24-8-13(7-23)12-5-15(21)17(16(22)6-12)19(27)26-9-11-3-2-4-14(20)18(11)25-10-26/h2-8,23-25H,9-10H2,1H3/b13-8+,23-7?. The minimum atomic E-state index is -0.247. The summed E-state index contributed by atoms with van der Waals surface area (Å²) >= 11 is 16.3. The third kappa shape index (κ3) is 3.98. The molecule has 3 N–H and O–H groups in total. The molecule has 0 unspecified atom stereocenters. The molecular weight excluding hydrogens is 451 g/mol. The first-order valence-electron chi connectivity index (χ1n) is 8.14. The average molecular weight is 468 g/mol. The van der Waals surface area contributed by atoms with Gasteiger partial charge < -0.3 is 20.9 Å². The number of benzene rings is 2. The number of para-hydroxylation sites is 1. The van der Waals surface area contributed by atoms with Crippen LogP contribution in [0.2, 0.25) is 10.0 Å². The van der Waals surface area contributed by atoms with Crippen LogP contribution >= 0.6 is 39.1 Å². The summed E-state index contributed by atoms with van der Waals surface area (Å²) in [6.07, 6.45) is 2.86. The van der Waals surface area contributed by atoms with Crippen LogP contribution in [-0.2, 0) is 6.54 Å². The molecule has 1 aliphatic rings. The number of hydrogen-bond acceptors (Lipinski definition) is 4. The lowest BCUT2D eigenvalue weighted by molar-refractivity contribution is 0.0750. The summed E-state index contributed by atoms with van der Waals surface area (Å²) in [6, 6.07) is 9.15. The van der Waals surface area contributed by atoms with E-state index in [0.717, 1.165) is 15.7 Å². The lowest BCUT2D eigenvalue weighted by Crippen LogP contribution is -2.38. The van der Waals surface area contributed by atoms with Crippen molar-refractivity contribution < 1.29 is 4.79 Å². The van der Waals surface area contributed by atoms with Crippen molar-refractivity contribution in [1.29, 1.82) is 5.41 Å². The van der Waals surface area contributed by atoms with E-state index in [1.807, 2.05) is 18.2 Å². The second-order valence-corrected chi connectivity index (χ2v) is 7.63. The largest absolute Gasteiger partial charge is 0.393 e. The maximum absolute atomic E-state index is 13.0. The topological polar surface area (TPSA) is 68.2 Å². The number of carbonyl (C=O) groups excluding carboxylic acids is 1. The van der Waals surface area contributed by atoms with Gasteiger partial charge in [-0.3, -0.25) is 4.79 Å². The molecule has 1 heterocycles. The summed E-state index contributed by atoms with van der Waals surface area (Å²) in [4.78, 5) is 14.7. The molecule has 2 aromatic carbocycles. The number of nitrogens with one attached hydrogen (secondary N) is 3. The zero-order chi connectivity index (χ0) is 19.6. The van der Waals surface area contributed by atoms with Crippen molar-refractivity contribution in [2.45, 2.75) is 6.54 Å². The van der Waals surface area contributed by atoms with Crippen molar-refractivity contribution in [3.05, 3.63) is 67.7 Å². The van der Waals surface area contributed by atoms with Gasteiger partial charge >= 0.3 is 0 Å². The van der Waals surface area contributed by atoms with Crippen molar-refractivity contribution in [1.82, 2.24) is 10.2 Å². The van der Waals surface area contributed by atoms with E-state index in [-0.39, 0.29) is 21.5 Å². The highest BCUT2D eigenvalue weighted by molar-refractivity contribution is 9.10. The Kier molecular flexibility index (Phi) is 6.09. The fourth-order valence-corrected chi connectivity index (χ4v) is 4.14. The number of fused-ring (bicyclic) bond motifs is 1. The molecule has 140 valence electrons. The van der Waals surface area contributed by atoms with Crippen LogP contribution in [0.1, 0.15) is 21.5 Å². The predicted octanol–water partition coefficient (Wildman–Crippen LogP) is 4.99. The molecule has 2 aromatic rings. The molecule has 0 saturated heterocycles. The van der Waals surface area contributed by atoms with Gasteiger partial charge in [-0.25, -0.2) is 0 Å². The van der Waals surface area contributed by atoms with Gasteiger partial charge in [0.1, 0.15) is 0 Å². The Morgan fingerprint density at radius 1 is 1.33 bits per heavy atom. The van der Waals surface area contributed by atoms with Crippen LogP contribution < -0.4 is 10.6 Å². The predicted molar refractivity (Wildman–Crippen MR) is 115 cm³/mol. The molecule has 1 amide bonds. The number of rotatable bonds is 4. The van der Waals surface area contributed by atoms with Gasteiger partial charge in [0.2, 0.25) is 0 Å². The van der Waals surface area contributed by atoms with Crippen LogP contribution in [0.5, 0.6) is 0 Å². The van der Waals surface area contributed by atoms with Gasteiger partial charge in [-0.15, -0.1) is 0 Å². The monoisotopic (exact) mass is 466 g/mol. The van der Waals surface area contributed by atoms with Crippen molar-refractivity contribution in [2.24, 2.45) is 0 Å². The first kappa shape index (κ1) is 19.7. The number of allylic oxidation sites excluding steroid dienone is 1. The fraction of sp³-hybridized carbons (Fsp3) is 0.158. The molecule has 0 spiro atoms. The van der Waals surface area contributed by atoms with E-state index >= 15 is 0 Å². The van der Waals surface area contributed by atoms with Crippen molar-refractivity contribution >= 4 is 62.5 Å². The molecule has 27 heavy (non-hydrogen) atoms. The highest BCUT2D eigenvalue weighted by atomic mass is 79.9.